The van der Waals surface area contributed by atoms with E-state index in [9.17, 15) is 8.78 Å². The van der Waals surface area contributed by atoms with Gasteiger partial charge in [0.25, 0.3) is 0 Å². The lowest BCUT2D eigenvalue weighted by Gasteiger charge is -2.08. The van der Waals surface area contributed by atoms with Crippen molar-refractivity contribution in [3.63, 3.8) is 0 Å². The average molecular weight is 239 g/mol. The van der Waals surface area contributed by atoms with Crippen LogP contribution in [-0.4, -0.2) is 13.1 Å². The molecule has 3 heteroatoms. The summed E-state index contributed by atoms with van der Waals surface area (Å²) in [5, 5.41) is 3.16. The van der Waals surface area contributed by atoms with Gasteiger partial charge in [-0.2, -0.15) is 0 Å². The Morgan fingerprint density at radius 3 is 2.71 bits per heavy atom. The van der Waals surface area contributed by atoms with Crippen LogP contribution in [0.3, 0.4) is 0 Å². The van der Waals surface area contributed by atoms with Crippen molar-refractivity contribution in [3.05, 3.63) is 41.0 Å². The lowest BCUT2D eigenvalue weighted by Crippen LogP contribution is -2.13. The molecule has 1 rings (SSSR count). The van der Waals surface area contributed by atoms with Gasteiger partial charge in [0.1, 0.15) is 11.6 Å². The van der Waals surface area contributed by atoms with Gasteiger partial charge in [0, 0.05) is 5.56 Å². The molecule has 17 heavy (non-hydrogen) atoms. The topological polar surface area (TPSA) is 12.0 Å². The molecule has 0 aliphatic rings. The third kappa shape index (κ3) is 3.63. The summed E-state index contributed by atoms with van der Waals surface area (Å²) >= 11 is 0. The van der Waals surface area contributed by atoms with Crippen molar-refractivity contribution in [2.24, 2.45) is 0 Å². The highest BCUT2D eigenvalue weighted by Crippen LogP contribution is 2.24. The van der Waals surface area contributed by atoms with E-state index in [2.05, 4.69) is 5.32 Å². The number of hydrogen-bond acceptors (Lipinski definition) is 1. The highest BCUT2D eigenvalue weighted by atomic mass is 19.1. The van der Waals surface area contributed by atoms with E-state index in [0.29, 0.717) is 11.1 Å². The zero-order valence-electron chi connectivity index (χ0n) is 10.6. The number of halogens is 2. The van der Waals surface area contributed by atoms with Gasteiger partial charge in [-0.15, -0.1) is 0 Å². The van der Waals surface area contributed by atoms with Crippen molar-refractivity contribution < 1.29 is 8.78 Å². The second kappa shape index (κ2) is 6.50. The molecule has 0 unspecified atom stereocenters. The lowest BCUT2D eigenvalue weighted by atomic mass is 10.0. The molecule has 0 saturated carbocycles. The molecule has 0 aliphatic carbocycles. The summed E-state index contributed by atoms with van der Waals surface area (Å²) in [6.45, 7) is 7.14. The Kier molecular flexibility index (Phi) is 5.29. The van der Waals surface area contributed by atoms with E-state index in [0.717, 1.165) is 19.5 Å². The molecular weight excluding hydrogens is 220 g/mol. The van der Waals surface area contributed by atoms with Crippen LogP contribution in [-0.2, 0) is 0 Å². The normalized spacial score (nSPS) is 11.9. The van der Waals surface area contributed by atoms with Crippen molar-refractivity contribution in [2.45, 2.75) is 27.2 Å². The van der Waals surface area contributed by atoms with Crippen LogP contribution in [0.4, 0.5) is 8.78 Å². The van der Waals surface area contributed by atoms with Gasteiger partial charge in [-0.05, 0) is 50.6 Å². The molecule has 0 heterocycles. The second-order valence-electron chi connectivity index (χ2n) is 4.08. The Labute approximate surface area is 102 Å². The molecule has 0 aromatic heterocycles. The second-order valence-corrected chi connectivity index (χ2v) is 4.08. The Bertz CT molecular complexity index is 411. The van der Waals surface area contributed by atoms with Gasteiger partial charge in [-0.25, -0.2) is 8.78 Å². The van der Waals surface area contributed by atoms with Crippen LogP contribution in [0.25, 0.3) is 5.57 Å². The quantitative estimate of drug-likeness (QED) is 0.773. The fraction of sp³-hybridized carbons (Fsp3) is 0.429. The first-order valence-corrected chi connectivity index (χ1v) is 5.90. The predicted molar refractivity (Wildman–Crippen MR) is 67.9 cm³/mol. The van der Waals surface area contributed by atoms with Crippen molar-refractivity contribution in [2.75, 3.05) is 13.1 Å². The molecule has 0 fully saturated rings. The molecule has 1 nitrogen and oxygen atoms in total. The summed E-state index contributed by atoms with van der Waals surface area (Å²) in [7, 11) is 0. The van der Waals surface area contributed by atoms with Gasteiger partial charge in [-0.1, -0.05) is 19.1 Å². The predicted octanol–water partition coefficient (Wildman–Crippen LogP) is 3.68. The van der Waals surface area contributed by atoms with E-state index < -0.39 is 11.6 Å². The van der Waals surface area contributed by atoms with Crippen molar-refractivity contribution in [3.8, 4) is 0 Å². The molecule has 0 radical (unpaired) electrons. The Morgan fingerprint density at radius 1 is 1.35 bits per heavy atom. The maximum Gasteiger partial charge on any atom is 0.136 e. The monoisotopic (exact) mass is 239 g/mol. The van der Waals surface area contributed by atoms with E-state index in [1.165, 1.54) is 12.1 Å². The molecule has 0 amide bonds. The number of nitrogens with one attached hydrogen (secondary N) is 1. The van der Waals surface area contributed by atoms with Gasteiger partial charge < -0.3 is 5.32 Å². The summed E-state index contributed by atoms with van der Waals surface area (Å²) in [6.07, 6.45) is 2.64. The number of allylic oxidation sites excluding steroid dienone is 1. The Hall–Kier alpha value is -1.22. The van der Waals surface area contributed by atoms with Crippen molar-refractivity contribution in [1.29, 1.82) is 0 Å². The maximum atomic E-state index is 13.8. The molecule has 0 atom stereocenters. The smallest absolute Gasteiger partial charge is 0.136 e. The zero-order valence-corrected chi connectivity index (χ0v) is 10.6. The third-order valence-corrected chi connectivity index (χ3v) is 2.70. The third-order valence-electron chi connectivity index (χ3n) is 2.70. The van der Waals surface area contributed by atoms with Crippen LogP contribution < -0.4 is 5.32 Å². The van der Waals surface area contributed by atoms with Crippen LogP contribution in [0.15, 0.2) is 18.2 Å². The molecule has 1 aromatic carbocycles. The van der Waals surface area contributed by atoms with Gasteiger partial charge in [0.15, 0.2) is 0 Å². The van der Waals surface area contributed by atoms with Crippen molar-refractivity contribution >= 4 is 5.57 Å². The minimum Gasteiger partial charge on any atom is -0.317 e. The highest BCUT2D eigenvalue weighted by molar-refractivity contribution is 5.65. The van der Waals surface area contributed by atoms with Crippen LogP contribution in [0.2, 0.25) is 0 Å². The molecule has 0 saturated heterocycles. The molecule has 0 spiro atoms. The van der Waals surface area contributed by atoms with E-state index in [1.807, 2.05) is 13.0 Å². The first-order valence-electron chi connectivity index (χ1n) is 5.90. The lowest BCUT2D eigenvalue weighted by molar-refractivity contribution is 0.571. The first-order chi connectivity index (χ1) is 8.07. The van der Waals surface area contributed by atoms with Gasteiger partial charge in [0.2, 0.25) is 0 Å². The van der Waals surface area contributed by atoms with E-state index in [4.69, 9.17) is 0 Å². The Balaban J connectivity index is 2.88. The van der Waals surface area contributed by atoms with Crippen LogP contribution in [0.5, 0.6) is 0 Å². The largest absolute Gasteiger partial charge is 0.317 e. The summed E-state index contributed by atoms with van der Waals surface area (Å²) in [5.41, 5.74) is 1.23. The minimum atomic E-state index is -0.495. The van der Waals surface area contributed by atoms with Crippen molar-refractivity contribution in [1.82, 2.24) is 5.32 Å². The summed E-state index contributed by atoms with van der Waals surface area (Å²) in [6, 6.07) is 2.77. The van der Waals surface area contributed by atoms with Gasteiger partial charge in [-0.3, -0.25) is 0 Å². The maximum absolute atomic E-state index is 13.8. The number of aryl methyl sites for hydroxylation is 1. The van der Waals surface area contributed by atoms with Crippen LogP contribution in [0, 0.1) is 18.6 Å². The molecular formula is C14H19F2N. The highest BCUT2D eigenvalue weighted by Gasteiger charge is 2.12. The number of hydrogen-bond donors (Lipinski definition) is 1. The van der Waals surface area contributed by atoms with Crippen LogP contribution in [0.1, 0.15) is 31.4 Å². The van der Waals surface area contributed by atoms with E-state index in [1.54, 1.807) is 13.8 Å². The SMILES string of the molecule is CCNCC/C=C(/C)c1c(F)ccc(C)c1F. The molecule has 0 aliphatic heterocycles. The summed E-state index contributed by atoms with van der Waals surface area (Å²) in [5.74, 6) is -0.951. The fourth-order valence-electron chi connectivity index (χ4n) is 1.69. The minimum absolute atomic E-state index is 0.0986. The Morgan fingerprint density at radius 2 is 2.06 bits per heavy atom. The first kappa shape index (κ1) is 13.8. The summed E-state index contributed by atoms with van der Waals surface area (Å²) < 4.78 is 27.4. The molecule has 1 N–H and O–H groups in total. The van der Waals surface area contributed by atoms with Gasteiger partial charge in [0.05, 0.1) is 0 Å². The van der Waals surface area contributed by atoms with E-state index in [-0.39, 0.29) is 5.56 Å². The molecule has 0 bridgehead atoms. The zero-order chi connectivity index (χ0) is 12.8. The summed E-state index contributed by atoms with van der Waals surface area (Å²) in [4.78, 5) is 0. The number of rotatable bonds is 5. The van der Waals surface area contributed by atoms with E-state index >= 15 is 0 Å². The number of benzene rings is 1. The average Bonchev–Trinajstić information content (AvgIpc) is 2.30. The van der Waals surface area contributed by atoms with Gasteiger partial charge >= 0.3 is 0 Å². The van der Waals surface area contributed by atoms with Crippen LogP contribution >= 0.6 is 0 Å². The fourth-order valence-corrected chi connectivity index (χ4v) is 1.69. The molecule has 1 aromatic rings. The standard InChI is InChI=1S/C14H19F2N/c1-4-17-9-5-6-10(2)13-12(15)8-7-11(3)14(13)16/h6-8,17H,4-5,9H2,1-3H3/b10-6-. The molecule has 94 valence electrons.